The summed E-state index contributed by atoms with van der Waals surface area (Å²) in [5.74, 6) is 0. The first-order chi connectivity index (χ1) is 10.1. The first kappa shape index (κ1) is 16.0. The predicted molar refractivity (Wildman–Crippen MR) is 88.2 cm³/mol. The Balaban J connectivity index is 2.29. The van der Waals surface area contributed by atoms with Crippen molar-refractivity contribution in [2.45, 2.75) is 32.5 Å². The van der Waals surface area contributed by atoms with Crippen LogP contribution in [0.4, 0.5) is 0 Å². The van der Waals surface area contributed by atoms with E-state index in [0.29, 0.717) is 0 Å². The number of halogens is 1. The van der Waals surface area contributed by atoms with Crippen LogP contribution in [0.25, 0.3) is 0 Å². The second kappa shape index (κ2) is 7.55. The fourth-order valence-corrected chi connectivity index (χ4v) is 2.90. The van der Waals surface area contributed by atoms with E-state index in [1.54, 1.807) is 0 Å². The van der Waals surface area contributed by atoms with Crippen molar-refractivity contribution in [2.24, 2.45) is 5.73 Å². The van der Waals surface area contributed by atoms with Crippen molar-refractivity contribution in [1.29, 1.82) is 0 Å². The van der Waals surface area contributed by atoms with E-state index in [-0.39, 0.29) is 12.1 Å². The number of aromatic nitrogens is 1. The molecule has 1 heterocycles. The molecule has 0 fully saturated rings. The van der Waals surface area contributed by atoms with Crippen LogP contribution in [-0.4, -0.2) is 22.5 Å². The molecule has 0 saturated carbocycles. The Morgan fingerprint density at radius 1 is 1.19 bits per heavy atom. The second-order valence-electron chi connectivity index (χ2n) is 5.24. The average molecular weight is 304 g/mol. The number of hydrogen-bond acceptors (Lipinski definition) is 3. The monoisotopic (exact) mass is 303 g/mol. The van der Waals surface area contributed by atoms with Crippen molar-refractivity contribution < 1.29 is 0 Å². The highest BCUT2D eigenvalue weighted by molar-refractivity contribution is 6.31. The number of rotatable bonds is 6. The maximum absolute atomic E-state index is 6.37. The van der Waals surface area contributed by atoms with E-state index in [9.17, 15) is 0 Å². The van der Waals surface area contributed by atoms with E-state index in [1.807, 2.05) is 49.6 Å². The molecule has 3 nitrogen and oxygen atoms in total. The van der Waals surface area contributed by atoms with E-state index in [4.69, 9.17) is 17.3 Å². The van der Waals surface area contributed by atoms with Crippen LogP contribution in [0.5, 0.6) is 0 Å². The van der Waals surface area contributed by atoms with Gasteiger partial charge < -0.3 is 5.73 Å². The summed E-state index contributed by atoms with van der Waals surface area (Å²) < 4.78 is 0. The number of benzene rings is 1. The molecule has 2 N–H and O–H groups in total. The average Bonchev–Trinajstić information content (AvgIpc) is 2.49. The maximum atomic E-state index is 6.37. The molecule has 0 spiro atoms. The van der Waals surface area contributed by atoms with Crippen molar-refractivity contribution in [3.8, 4) is 0 Å². The molecule has 2 aromatic rings. The lowest BCUT2D eigenvalue weighted by atomic mass is 9.98. The minimum atomic E-state index is -0.00770. The van der Waals surface area contributed by atoms with Crippen molar-refractivity contribution >= 4 is 11.6 Å². The number of pyridine rings is 1. The quantitative estimate of drug-likeness (QED) is 0.886. The molecule has 0 aliphatic rings. The lowest BCUT2D eigenvalue weighted by Crippen LogP contribution is -2.39. The zero-order valence-corrected chi connectivity index (χ0v) is 13.3. The van der Waals surface area contributed by atoms with Crippen LogP contribution < -0.4 is 5.73 Å². The topological polar surface area (TPSA) is 42.2 Å². The van der Waals surface area contributed by atoms with Gasteiger partial charge >= 0.3 is 0 Å². The third kappa shape index (κ3) is 4.03. The highest BCUT2D eigenvalue weighted by Crippen LogP contribution is 2.30. The minimum absolute atomic E-state index is 0.00770. The standard InChI is InChI=1S/C17H22ClN3/c1-3-21(12-14-8-10-20-11-9-14)17(13(2)19)15-6-4-5-7-16(15)18/h4-11,13,17H,3,12,19H2,1-2H3. The molecule has 0 aliphatic carbocycles. The Kier molecular flexibility index (Phi) is 5.74. The molecule has 2 rings (SSSR count). The van der Waals surface area contributed by atoms with Crippen molar-refractivity contribution in [3.05, 3.63) is 64.9 Å². The normalized spacial score (nSPS) is 14.1. The van der Waals surface area contributed by atoms with Crippen LogP contribution in [0.2, 0.25) is 5.02 Å². The van der Waals surface area contributed by atoms with Crippen LogP contribution in [0.15, 0.2) is 48.8 Å². The summed E-state index contributed by atoms with van der Waals surface area (Å²) in [7, 11) is 0. The molecule has 0 amide bonds. The lowest BCUT2D eigenvalue weighted by molar-refractivity contribution is 0.177. The third-order valence-electron chi connectivity index (χ3n) is 3.66. The fourth-order valence-electron chi connectivity index (χ4n) is 2.66. The number of likely N-dealkylation sites (N-methyl/N-ethyl adjacent to an activating group) is 1. The van der Waals surface area contributed by atoms with Gasteiger partial charge in [0.1, 0.15) is 0 Å². The molecular formula is C17H22ClN3. The van der Waals surface area contributed by atoms with Gasteiger partial charge in [-0.3, -0.25) is 9.88 Å². The summed E-state index contributed by atoms with van der Waals surface area (Å²) in [4.78, 5) is 6.41. The van der Waals surface area contributed by atoms with Crippen LogP contribution >= 0.6 is 11.6 Å². The number of nitrogens with two attached hydrogens (primary N) is 1. The predicted octanol–water partition coefficient (Wildman–Crippen LogP) is 3.65. The van der Waals surface area contributed by atoms with E-state index >= 15 is 0 Å². The molecule has 0 saturated heterocycles. The van der Waals surface area contributed by atoms with Crippen molar-refractivity contribution in [2.75, 3.05) is 6.54 Å². The first-order valence-corrected chi connectivity index (χ1v) is 7.64. The molecule has 112 valence electrons. The molecular weight excluding hydrogens is 282 g/mol. The second-order valence-corrected chi connectivity index (χ2v) is 5.65. The van der Waals surface area contributed by atoms with Crippen LogP contribution in [0.1, 0.15) is 31.0 Å². The maximum Gasteiger partial charge on any atom is 0.0514 e. The van der Waals surface area contributed by atoms with E-state index in [2.05, 4.69) is 22.9 Å². The summed E-state index contributed by atoms with van der Waals surface area (Å²) in [6.07, 6.45) is 3.64. The minimum Gasteiger partial charge on any atom is -0.326 e. The van der Waals surface area contributed by atoms with Gasteiger partial charge in [-0.1, -0.05) is 36.7 Å². The smallest absolute Gasteiger partial charge is 0.0514 e. The molecule has 4 heteroatoms. The van der Waals surface area contributed by atoms with Crippen LogP contribution in [-0.2, 0) is 6.54 Å². The molecule has 21 heavy (non-hydrogen) atoms. The van der Waals surface area contributed by atoms with E-state index < -0.39 is 0 Å². The first-order valence-electron chi connectivity index (χ1n) is 7.26. The summed E-state index contributed by atoms with van der Waals surface area (Å²) in [6.45, 7) is 5.91. The van der Waals surface area contributed by atoms with Gasteiger partial charge in [-0.15, -0.1) is 0 Å². The zero-order valence-electron chi connectivity index (χ0n) is 12.5. The third-order valence-corrected chi connectivity index (χ3v) is 4.00. The van der Waals surface area contributed by atoms with Gasteiger partial charge in [0.25, 0.3) is 0 Å². The summed E-state index contributed by atoms with van der Waals surface area (Å²) in [5, 5.41) is 0.771. The number of nitrogens with zero attached hydrogens (tertiary/aromatic N) is 2. The van der Waals surface area contributed by atoms with Gasteiger partial charge in [-0.05, 0) is 42.8 Å². The Hall–Kier alpha value is -1.42. The number of hydrogen-bond donors (Lipinski definition) is 1. The molecule has 0 radical (unpaired) electrons. The van der Waals surface area contributed by atoms with Gasteiger partial charge in [0.2, 0.25) is 0 Å². The molecule has 1 aromatic carbocycles. The lowest BCUT2D eigenvalue weighted by Gasteiger charge is -2.34. The van der Waals surface area contributed by atoms with Gasteiger partial charge in [0, 0.05) is 30.0 Å². The zero-order chi connectivity index (χ0) is 15.2. The molecule has 0 bridgehead atoms. The van der Waals surface area contributed by atoms with Crippen molar-refractivity contribution in [1.82, 2.24) is 9.88 Å². The Morgan fingerprint density at radius 3 is 2.43 bits per heavy atom. The van der Waals surface area contributed by atoms with Crippen LogP contribution in [0.3, 0.4) is 0 Å². The van der Waals surface area contributed by atoms with Gasteiger partial charge in [-0.2, -0.15) is 0 Å². The summed E-state index contributed by atoms with van der Waals surface area (Å²) in [5.41, 5.74) is 8.57. The van der Waals surface area contributed by atoms with Gasteiger partial charge in [0.15, 0.2) is 0 Å². The van der Waals surface area contributed by atoms with E-state index in [1.165, 1.54) is 5.56 Å². The summed E-state index contributed by atoms with van der Waals surface area (Å²) in [6, 6.07) is 12.1. The molecule has 2 unspecified atom stereocenters. The summed E-state index contributed by atoms with van der Waals surface area (Å²) >= 11 is 6.37. The van der Waals surface area contributed by atoms with Crippen LogP contribution in [0, 0.1) is 0 Å². The SMILES string of the molecule is CCN(Cc1ccncc1)C(c1ccccc1Cl)C(C)N. The largest absolute Gasteiger partial charge is 0.326 e. The highest BCUT2D eigenvalue weighted by atomic mass is 35.5. The Morgan fingerprint density at radius 2 is 1.86 bits per heavy atom. The molecule has 0 aliphatic heterocycles. The van der Waals surface area contributed by atoms with Crippen molar-refractivity contribution in [3.63, 3.8) is 0 Å². The molecule has 1 aromatic heterocycles. The Labute approximate surface area is 131 Å². The van der Waals surface area contributed by atoms with Gasteiger partial charge in [0.05, 0.1) is 6.04 Å². The molecule has 2 atom stereocenters. The highest BCUT2D eigenvalue weighted by Gasteiger charge is 2.24. The fraction of sp³-hybridized carbons (Fsp3) is 0.353. The van der Waals surface area contributed by atoms with Gasteiger partial charge in [-0.25, -0.2) is 0 Å². The van der Waals surface area contributed by atoms with E-state index in [0.717, 1.165) is 23.7 Å². The Bertz CT molecular complexity index is 557.